The highest BCUT2D eigenvalue weighted by Crippen LogP contribution is 2.32. The molecular formula is C7H13I2NO2S. The molecule has 78 valence electrons. The van der Waals surface area contributed by atoms with Crippen LogP contribution in [0.2, 0.25) is 0 Å². The molecule has 1 aliphatic rings. The largest absolute Gasteiger partial charge is 0.217 e. The van der Waals surface area contributed by atoms with Crippen molar-refractivity contribution in [2.75, 3.05) is 11.5 Å². The fourth-order valence-corrected chi connectivity index (χ4v) is 5.57. The Kier molecular flexibility index (Phi) is 4.72. The van der Waals surface area contributed by atoms with Crippen LogP contribution in [-0.2, 0) is 10.0 Å². The lowest BCUT2D eigenvalue weighted by molar-refractivity contribution is 0.496. The van der Waals surface area contributed by atoms with Gasteiger partial charge in [0.15, 0.2) is 0 Å². The molecule has 6 heteroatoms. The van der Waals surface area contributed by atoms with Gasteiger partial charge in [0.25, 0.3) is 0 Å². The van der Waals surface area contributed by atoms with E-state index in [1.54, 1.807) is 7.05 Å². The van der Waals surface area contributed by atoms with Gasteiger partial charge in [-0.1, -0.05) is 45.2 Å². The van der Waals surface area contributed by atoms with Crippen molar-refractivity contribution in [1.29, 1.82) is 0 Å². The molecule has 0 amide bonds. The minimum atomic E-state index is -2.96. The Hall–Kier alpha value is 1.37. The second kappa shape index (κ2) is 4.93. The molecule has 0 radical (unpaired) electrons. The first-order chi connectivity index (χ1) is 6.00. The highest BCUT2D eigenvalue weighted by molar-refractivity contribution is 14.1. The molecule has 1 heterocycles. The predicted molar refractivity (Wildman–Crippen MR) is 71.0 cm³/mol. The lowest BCUT2D eigenvalue weighted by Gasteiger charge is -2.12. The van der Waals surface area contributed by atoms with E-state index in [1.165, 1.54) is 4.31 Å². The van der Waals surface area contributed by atoms with E-state index in [4.69, 9.17) is 0 Å². The molecule has 13 heavy (non-hydrogen) atoms. The lowest BCUT2D eigenvalue weighted by Crippen LogP contribution is -2.27. The predicted octanol–water partition coefficient (Wildman–Crippen LogP) is 2.00. The van der Waals surface area contributed by atoms with Gasteiger partial charge in [0.2, 0.25) is 10.0 Å². The lowest BCUT2D eigenvalue weighted by atomic mass is 10.2. The van der Waals surface area contributed by atoms with Crippen molar-refractivity contribution < 1.29 is 8.42 Å². The quantitative estimate of drug-likeness (QED) is 0.391. The second-order valence-electron chi connectivity index (χ2n) is 3.18. The Morgan fingerprint density at radius 1 is 1.54 bits per heavy atom. The molecule has 2 unspecified atom stereocenters. The minimum Gasteiger partial charge on any atom is -0.212 e. The molecule has 2 atom stereocenters. The summed E-state index contributed by atoms with van der Waals surface area (Å²) in [7, 11) is -1.29. The van der Waals surface area contributed by atoms with Crippen LogP contribution in [0.15, 0.2) is 0 Å². The zero-order valence-corrected chi connectivity index (χ0v) is 12.5. The SMILES string of the molecule is CN1C(I)CC(CCCI)S1(=O)=O. The first kappa shape index (κ1) is 12.4. The second-order valence-corrected chi connectivity index (χ2v) is 7.97. The van der Waals surface area contributed by atoms with E-state index < -0.39 is 10.0 Å². The molecule has 0 spiro atoms. The van der Waals surface area contributed by atoms with Crippen molar-refractivity contribution in [3.63, 3.8) is 0 Å². The van der Waals surface area contributed by atoms with Gasteiger partial charge in [-0.3, -0.25) is 0 Å². The van der Waals surface area contributed by atoms with Gasteiger partial charge >= 0.3 is 0 Å². The molecule has 0 N–H and O–H groups in total. The van der Waals surface area contributed by atoms with Gasteiger partial charge in [-0.25, -0.2) is 8.42 Å². The molecule has 0 aromatic heterocycles. The summed E-state index contributed by atoms with van der Waals surface area (Å²) in [6.45, 7) is 0. The van der Waals surface area contributed by atoms with E-state index in [0.29, 0.717) is 0 Å². The number of rotatable bonds is 3. The summed E-state index contributed by atoms with van der Waals surface area (Å²) < 4.78 is 26.2. The Labute approximate surface area is 107 Å². The first-order valence-electron chi connectivity index (χ1n) is 4.17. The van der Waals surface area contributed by atoms with E-state index in [-0.39, 0.29) is 9.30 Å². The topological polar surface area (TPSA) is 37.4 Å². The van der Waals surface area contributed by atoms with Gasteiger partial charge in [0.1, 0.15) is 0 Å². The number of sulfonamides is 1. The third-order valence-electron chi connectivity index (χ3n) is 2.33. The van der Waals surface area contributed by atoms with Gasteiger partial charge in [-0.05, 0) is 23.7 Å². The molecule has 0 aliphatic carbocycles. The van der Waals surface area contributed by atoms with Crippen molar-refractivity contribution in [2.24, 2.45) is 0 Å². The summed E-state index contributed by atoms with van der Waals surface area (Å²) in [5, 5.41) is -0.130. The standard InChI is InChI=1S/C7H13I2NO2S/c1-10-7(9)5-6(3-2-4-8)13(10,11)12/h6-7H,2-5H2,1H3. The Bertz CT molecular complexity index is 268. The highest BCUT2D eigenvalue weighted by Gasteiger charge is 2.41. The maximum absolute atomic E-state index is 11.7. The molecule has 0 aromatic rings. The van der Waals surface area contributed by atoms with Crippen LogP contribution in [0.25, 0.3) is 0 Å². The Morgan fingerprint density at radius 2 is 2.15 bits per heavy atom. The van der Waals surface area contributed by atoms with Crippen molar-refractivity contribution in [2.45, 2.75) is 28.6 Å². The van der Waals surface area contributed by atoms with Crippen molar-refractivity contribution in [3.05, 3.63) is 0 Å². The average Bonchev–Trinajstić information content (AvgIpc) is 2.26. The van der Waals surface area contributed by atoms with E-state index in [9.17, 15) is 8.42 Å². The maximum Gasteiger partial charge on any atom is 0.217 e. The summed E-state index contributed by atoms with van der Waals surface area (Å²) in [5.74, 6) is 0. The van der Waals surface area contributed by atoms with Crippen LogP contribution >= 0.6 is 45.2 Å². The van der Waals surface area contributed by atoms with Gasteiger partial charge in [0.05, 0.1) is 9.30 Å². The summed E-state index contributed by atoms with van der Waals surface area (Å²) in [4.78, 5) is 0. The number of nitrogens with zero attached hydrogens (tertiary/aromatic N) is 1. The van der Waals surface area contributed by atoms with E-state index in [1.807, 2.05) is 0 Å². The van der Waals surface area contributed by atoms with Crippen LogP contribution in [0, 0.1) is 0 Å². The summed E-state index contributed by atoms with van der Waals surface area (Å²) in [5.41, 5.74) is 0. The smallest absolute Gasteiger partial charge is 0.212 e. The number of hydrogen-bond acceptors (Lipinski definition) is 2. The molecule has 0 bridgehead atoms. The van der Waals surface area contributed by atoms with Gasteiger partial charge in [0, 0.05) is 7.05 Å². The zero-order chi connectivity index (χ0) is 10.1. The summed E-state index contributed by atoms with van der Waals surface area (Å²) in [6, 6.07) is 0. The number of halogens is 2. The first-order valence-corrected chi connectivity index (χ1v) is 8.44. The molecule has 1 fully saturated rings. The number of hydrogen-bond donors (Lipinski definition) is 0. The van der Waals surface area contributed by atoms with Crippen LogP contribution in [0.1, 0.15) is 19.3 Å². The van der Waals surface area contributed by atoms with Gasteiger partial charge < -0.3 is 0 Å². The molecule has 1 aliphatic heterocycles. The van der Waals surface area contributed by atoms with Crippen LogP contribution < -0.4 is 0 Å². The third kappa shape index (κ3) is 2.69. The van der Waals surface area contributed by atoms with E-state index >= 15 is 0 Å². The van der Waals surface area contributed by atoms with Crippen LogP contribution in [-0.4, -0.2) is 33.5 Å². The summed E-state index contributed by atoms with van der Waals surface area (Å²) in [6.07, 6.45) is 2.60. The molecule has 3 nitrogen and oxygen atoms in total. The van der Waals surface area contributed by atoms with E-state index in [0.717, 1.165) is 23.7 Å². The average molecular weight is 429 g/mol. The number of alkyl halides is 2. The van der Waals surface area contributed by atoms with Gasteiger partial charge in [-0.15, -0.1) is 0 Å². The fourth-order valence-electron chi connectivity index (χ4n) is 1.45. The summed E-state index contributed by atoms with van der Waals surface area (Å²) >= 11 is 4.48. The monoisotopic (exact) mass is 429 g/mol. The molecule has 0 saturated carbocycles. The van der Waals surface area contributed by atoms with Gasteiger partial charge in [-0.2, -0.15) is 4.31 Å². The van der Waals surface area contributed by atoms with Crippen molar-refractivity contribution in [3.8, 4) is 0 Å². The Morgan fingerprint density at radius 3 is 2.54 bits per heavy atom. The minimum absolute atomic E-state index is 0.130. The van der Waals surface area contributed by atoms with Crippen LogP contribution in [0.4, 0.5) is 0 Å². The Balaban J connectivity index is 2.68. The highest BCUT2D eigenvalue weighted by atomic mass is 127. The van der Waals surface area contributed by atoms with Crippen LogP contribution in [0.3, 0.4) is 0 Å². The van der Waals surface area contributed by atoms with E-state index in [2.05, 4.69) is 45.2 Å². The molecule has 1 rings (SSSR count). The molecule has 0 aromatic carbocycles. The van der Waals surface area contributed by atoms with Crippen LogP contribution in [0.5, 0.6) is 0 Å². The fraction of sp³-hybridized carbons (Fsp3) is 1.00. The molecular weight excluding hydrogens is 416 g/mol. The van der Waals surface area contributed by atoms with Crippen molar-refractivity contribution >= 4 is 55.2 Å². The zero-order valence-electron chi connectivity index (χ0n) is 7.41. The van der Waals surface area contributed by atoms with Crippen molar-refractivity contribution in [1.82, 2.24) is 4.31 Å². The molecule has 1 saturated heterocycles. The normalized spacial score (nSPS) is 33.8. The third-order valence-corrected chi connectivity index (χ3v) is 7.15. The maximum atomic E-state index is 11.7.